The molecule has 0 bridgehead atoms. The number of carbonyl (C=O) groups excluding carboxylic acids is 1. The number of para-hydroxylation sites is 1. The van der Waals surface area contributed by atoms with E-state index in [1.165, 1.54) is 12.1 Å². The van der Waals surface area contributed by atoms with E-state index in [4.69, 9.17) is 4.74 Å². The lowest BCUT2D eigenvalue weighted by atomic mass is 9.86. The molecule has 2 aromatic carbocycles. The molecule has 0 atom stereocenters. The second-order valence-corrected chi connectivity index (χ2v) is 10.8. The van der Waals surface area contributed by atoms with Crippen LogP contribution in [0.4, 0.5) is 5.69 Å². The van der Waals surface area contributed by atoms with Crippen LogP contribution < -0.4 is 14.8 Å². The summed E-state index contributed by atoms with van der Waals surface area (Å²) in [7, 11) is -3.56. The zero-order chi connectivity index (χ0) is 22.5. The van der Waals surface area contributed by atoms with Gasteiger partial charge in [0.05, 0.1) is 4.90 Å². The topological polar surface area (TPSA) is 84.5 Å². The maximum Gasteiger partial charge on any atom is 0.262 e. The SMILES string of the molecule is CC(C)(C)c1ccccc1OCC(=O)Nc1ccc(S(=O)(=O)NC2CCCCC2)cc1. The van der Waals surface area contributed by atoms with Crippen LogP contribution in [0.3, 0.4) is 0 Å². The summed E-state index contributed by atoms with van der Waals surface area (Å²) in [4.78, 5) is 12.5. The molecule has 1 aliphatic rings. The Morgan fingerprint density at radius 2 is 1.65 bits per heavy atom. The molecular formula is C24H32N2O4S. The highest BCUT2D eigenvalue weighted by Crippen LogP contribution is 2.31. The first-order valence-electron chi connectivity index (χ1n) is 10.8. The summed E-state index contributed by atoms with van der Waals surface area (Å²) in [6.07, 6.45) is 5.04. The molecule has 1 amide bonds. The lowest BCUT2D eigenvalue weighted by Gasteiger charge is -2.22. The normalized spacial score (nSPS) is 15.5. The zero-order valence-electron chi connectivity index (χ0n) is 18.5. The van der Waals surface area contributed by atoms with E-state index in [2.05, 4.69) is 30.8 Å². The van der Waals surface area contributed by atoms with Crippen LogP contribution in [0.2, 0.25) is 0 Å². The molecule has 1 aliphatic carbocycles. The molecule has 0 aliphatic heterocycles. The van der Waals surface area contributed by atoms with Gasteiger partial charge in [0.15, 0.2) is 6.61 Å². The molecule has 168 valence electrons. The van der Waals surface area contributed by atoms with Crippen molar-refractivity contribution in [3.8, 4) is 5.75 Å². The van der Waals surface area contributed by atoms with Crippen LogP contribution in [0.25, 0.3) is 0 Å². The first-order chi connectivity index (χ1) is 14.6. The number of anilines is 1. The maximum absolute atomic E-state index is 12.6. The molecule has 1 saturated carbocycles. The van der Waals surface area contributed by atoms with Crippen molar-refractivity contribution in [1.82, 2.24) is 4.72 Å². The van der Waals surface area contributed by atoms with Gasteiger partial charge in [-0.05, 0) is 54.2 Å². The highest BCUT2D eigenvalue weighted by Gasteiger charge is 2.22. The van der Waals surface area contributed by atoms with Gasteiger partial charge in [0.1, 0.15) is 5.75 Å². The number of carbonyl (C=O) groups is 1. The molecule has 7 heteroatoms. The Morgan fingerprint density at radius 1 is 1.00 bits per heavy atom. The van der Waals surface area contributed by atoms with Gasteiger partial charge in [-0.2, -0.15) is 0 Å². The summed E-state index contributed by atoms with van der Waals surface area (Å²) in [6.45, 7) is 6.15. The van der Waals surface area contributed by atoms with Crippen LogP contribution in [0.1, 0.15) is 58.4 Å². The molecule has 0 spiro atoms. The van der Waals surface area contributed by atoms with Gasteiger partial charge in [-0.15, -0.1) is 0 Å². The average Bonchev–Trinajstić information content (AvgIpc) is 2.73. The van der Waals surface area contributed by atoms with Gasteiger partial charge in [-0.25, -0.2) is 13.1 Å². The maximum atomic E-state index is 12.6. The van der Waals surface area contributed by atoms with E-state index >= 15 is 0 Å². The fraction of sp³-hybridized carbons (Fsp3) is 0.458. The van der Waals surface area contributed by atoms with E-state index < -0.39 is 10.0 Å². The first-order valence-corrected chi connectivity index (χ1v) is 12.3. The van der Waals surface area contributed by atoms with Gasteiger partial charge in [0.2, 0.25) is 10.0 Å². The second-order valence-electron chi connectivity index (χ2n) is 9.06. The van der Waals surface area contributed by atoms with Crippen molar-refractivity contribution in [3.05, 3.63) is 54.1 Å². The number of benzene rings is 2. The van der Waals surface area contributed by atoms with E-state index in [0.29, 0.717) is 11.4 Å². The molecular weight excluding hydrogens is 412 g/mol. The number of rotatable bonds is 7. The molecule has 0 aromatic heterocycles. The van der Waals surface area contributed by atoms with Gasteiger partial charge >= 0.3 is 0 Å². The third-order valence-electron chi connectivity index (χ3n) is 5.43. The monoisotopic (exact) mass is 444 g/mol. The Bertz CT molecular complexity index is 989. The fourth-order valence-electron chi connectivity index (χ4n) is 3.78. The summed E-state index contributed by atoms with van der Waals surface area (Å²) in [6, 6.07) is 13.9. The van der Waals surface area contributed by atoms with E-state index in [-0.39, 0.29) is 28.9 Å². The number of hydrogen-bond donors (Lipinski definition) is 2. The summed E-state index contributed by atoms with van der Waals surface area (Å²) in [5, 5.41) is 2.75. The van der Waals surface area contributed by atoms with E-state index in [0.717, 1.165) is 37.7 Å². The van der Waals surface area contributed by atoms with E-state index in [9.17, 15) is 13.2 Å². The van der Waals surface area contributed by atoms with Gasteiger partial charge in [-0.1, -0.05) is 58.2 Å². The number of ether oxygens (including phenoxy) is 1. The minimum atomic E-state index is -3.56. The summed E-state index contributed by atoms with van der Waals surface area (Å²) >= 11 is 0. The zero-order valence-corrected chi connectivity index (χ0v) is 19.3. The van der Waals surface area contributed by atoms with Crippen LogP contribution in [-0.4, -0.2) is 27.0 Å². The second kappa shape index (κ2) is 9.83. The van der Waals surface area contributed by atoms with Crippen molar-refractivity contribution in [2.24, 2.45) is 0 Å². The number of hydrogen-bond acceptors (Lipinski definition) is 4. The first kappa shape index (κ1) is 23.3. The van der Waals surface area contributed by atoms with Crippen molar-refractivity contribution >= 4 is 21.6 Å². The van der Waals surface area contributed by atoms with Crippen LogP contribution in [0.5, 0.6) is 5.75 Å². The number of nitrogens with one attached hydrogen (secondary N) is 2. The molecule has 0 saturated heterocycles. The van der Waals surface area contributed by atoms with Gasteiger partial charge in [0, 0.05) is 11.7 Å². The molecule has 1 fully saturated rings. The van der Waals surface area contributed by atoms with Crippen molar-refractivity contribution in [1.29, 1.82) is 0 Å². The average molecular weight is 445 g/mol. The minimum absolute atomic E-state index is 0.00579. The Morgan fingerprint density at radius 3 is 2.29 bits per heavy atom. The van der Waals surface area contributed by atoms with Crippen molar-refractivity contribution < 1.29 is 17.9 Å². The lowest BCUT2D eigenvalue weighted by Crippen LogP contribution is -2.36. The molecule has 2 N–H and O–H groups in total. The van der Waals surface area contributed by atoms with Crippen LogP contribution in [-0.2, 0) is 20.2 Å². The molecule has 0 radical (unpaired) electrons. The lowest BCUT2D eigenvalue weighted by molar-refractivity contribution is -0.118. The van der Waals surface area contributed by atoms with Gasteiger partial charge in [-0.3, -0.25) is 4.79 Å². The minimum Gasteiger partial charge on any atom is -0.483 e. The smallest absolute Gasteiger partial charge is 0.262 e. The highest BCUT2D eigenvalue weighted by molar-refractivity contribution is 7.89. The van der Waals surface area contributed by atoms with E-state index in [1.807, 2.05) is 24.3 Å². The predicted octanol–water partition coefficient (Wildman–Crippen LogP) is 4.61. The third-order valence-corrected chi connectivity index (χ3v) is 6.97. The largest absolute Gasteiger partial charge is 0.483 e. The van der Waals surface area contributed by atoms with Crippen molar-refractivity contribution in [2.75, 3.05) is 11.9 Å². The summed E-state index contributed by atoms with van der Waals surface area (Å²) < 4.78 is 33.7. The number of amides is 1. The molecule has 0 unspecified atom stereocenters. The van der Waals surface area contributed by atoms with Crippen molar-refractivity contribution in [3.63, 3.8) is 0 Å². The van der Waals surface area contributed by atoms with Gasteiger partial charge in [0.25, 0.3) is 5.91 Å². The Balaban J connectivity index is 1.57. The molecule has 3 rings (SSSR count). The summed E-state index contributed by atoms with van der Waals surface area (Å²) in [5.74, 6) is 0.375. The van der Waals surface area contributed by atoms with Crippen LogP contribution >= 0.6 is 0 Å². The molecule has 0 heterocycles. The number of sulfonamides is 1. The Hall–Kier alpha value is -2.38. The highest BCUT2D eigenvalue weighted by atomic mass is 32.2. The summed E-state index contributed by atoms with van der Waals surface area (Å²) in [5.41, 5.74) is 1.46. The predicted molar refractivity (Wildman–Crippen MR) is 123 cm³/mol. The third kappa shape index (κ3) is 6.55. The van der Waals surface area contributed by atoms with Crippen LogP contribution in [0, 0.1) is 0 Å². The molecule has 2 aromatic rings. The van der Waals surface area contributed by atoms with Crippen molar-refractivity contribution in [2.45, 2.75) is 69.2 Å². The quantitative estimate of drug-likeness (QED) is 0.653. The standard InChI is InChI=1S/C24H32N2O4S/c1-24(2,3)21-11-7-8-12-22(21)30-17-23(27)25-18-13-15-20(16-14-18)31(28,29)26-19-9-5-4-6-10-19/h7-8,11-16,19,26H,4-6,9-10,17H2,1-3H3,(H,25,27). The van der Waals surface area contributed by atoms with E-state index in [1.54, 1.807) is 12.1 Å². The Kier molecular flexibility index (Phi) is 7.38. The van der Waals surface area contributed by atoms with Crippen LogP contribution in [0.15, 0.2) is 53.4 Å². The fourth-order valence-corrected chi connectivity index (χ4v) is 5.08. The Labute approximate surface area is 185 Å². The van der Waals surface area contributed by atoms with Gasteiger partial charge < -0.3 is 10.1 Å². The molecule has 6 nitrogen and oxygen atoms in total. The molecule has 31 heavy (non-hydrogen) atoms.